The quantitative estimate of drug-likeness (QED) is 0.289. The first-order valence-electron chi connectivity index (χ1n) is 9.81. The molecule has 1 heterocycles. The van der Waals surface area contributed by atoms with Gasteiger partial charge in [-0.2, -0.15) is 5.26 Å². The van der Waals surface area contributed by atoms with Gasteiger partial charge in [-0.1, -0.05) is 24.3 Å². The van der Waals surface area contributed by atoms with Crippen LogP contribution in [0.1, 0.15) is 32.2 Å². The van der Waals surface area contributed by atoms with Crippen molar-refractivity contribution < 1.29 is 19.1 Å². The molecule has 1 aromatic heterocycles. The van der Waals surface area contributed by atoms with Gasteiger partial charge in [0.15, 0.2) is 6.61 Å². The number of nitrogens with zero attached hydrogens (tertiary/aromatic N) is 2. The SMILES string of the molecule is Cc1csc(CC(=O)NNC(=O)COC(=O)c2ccccc2SCc2ccc(C#N)cc2)n1. The average molecular weight is 481 g/mol. The highest BCUT2D eigenvalue weighted by atomic mass is 32.2. The van der Waals surface area contributed by atoms with Crippen molar-refractivity contribution in [3.63, 3.8) is 0 Å². The van der Waals surface area contributed by atoms with Gasteiger partial charge in [-0.25, -0.2) is 9.78 Å². The molecule has 0 spiro atoms. The van der Waals surface area contributed by atoms with Crippen LogP contribution in [0.5, 0.6) is 0 Å². The number of thioether (sulfide) groups is 1. The van der Waals surface area contributed by atoms with E-state index in [0.29, 0.717) is 26.8 Å². The number of aryl methyl sites for hydroxylation is 1. The molecule has 10 heteroatoms. The fourth-order valence-electron chi connectivity index (χ4n) is 2.65. The predicted octanol–water partition coefficient (Wildman–Crippen LogP) is 3.16. The third kappa shape index (κ3) is 7.45. The summed E-state index contributed by atoms with van der Waals surface area (Å²) in [6, 6.07) is 16.2. The first-order chi connectivity index (χ1) is 15.9. The van der Waals surface area contributed by atoms with Gasteiger partial charge in [-0.3, -0.25) is 20.4 Å². The zero-order valence-corrected chi connectivity index (χ0v) is 19.3. The Labute approximate surface area is 199 Å². The van der Waals surface area contributed by atoms with Crippen LogP contribution in [0.25, 0.3) is 0 Å². The van der Waals surface area contributed by atoms with Crippen molar-refractivity contribution in [3.05, 3.63) is 81.3 Å². The van der Waals surface area contributed by atoms with E-state index in [1.807, 2.05) is 30.5 Å². The molecule has 0 saturated carbocycles. The number of hydrazine groups is 1. The molecule has 168 valence electrons. The molecule has 0 radical (unpaired) electrons. The number of nitriles is 1. The van der Waals surface area contributed by atoms with Gasteiger partial charge in [0, 0.05) is 21.7 Å². The Kier molecular flexibility index (Phi) is 8.57. The van der Waals surface area contributed by atoms with Crippen LogP contribution >= 0.6 is 23.1 Å². The Morgan fingerprint density at radius 3 is 2.52 bits per heavy atom. The Hall–Kier alpha value is -3.68. The van der Waals surface area contributed by atoms with Crippen LogP contribution in [0.15, 0.2) is 58.8 Å². The van der Waals surface area contributed by atoms with Gasteiger partial charge in [0.25, 0.3) is 5.91 Å². The van der Waals surface area contributed by atoms with Gasteiger partial charge in [-0.15, -0.1) is 23.1 Å². The Morgan fingerprint density at radius 2 is 1.82 bits per heavy atom. The number of ether oxygens (including phenoxy) is 1. The highest BCUT2D eigenvalue weighted by Gasteiger charge is 2.15. The van der Waals surface area contributed by atoms with Gasteiger partial charge in [0.05, 0.1) is 23.6 Å². The number of hydrogen-bond acceptors (Lipinski definition) is 8. The molecule has 3 aromatic rings. The van der Waals surface area contributed by atoms with Gasteiger partial charge in [0.2, 0.25) is 5.91 Å². The number of amides is 2. The molecule has 2 amide bonds. The number of carbonyl (C=O) groups excluding carboxylic acids is 3. The molecule has 0 aliphatic heterocycles. The number of aromatic nitrogens is 1. The monoisotopic (exact) mass is 480 g/mol. The number of rotatable bonds is 8. The van der Waals surface area contributed by atoms with Gasteiger partial charge >= 0.3 is 5.97 Å². The summed E-state index contributed by atoms with van der Waals surface area (Å²) in [5.74, 6) is -1.12. The molecule has 0 fully saturated rings. The van der Waals surface area contributed by atoms with Crippen molar-refractivity contribution in [2.45, 2.75) is 24.0 Å². The van der Waals surface area contributed by atoms with E-state index in [-0.39, 0.29) is 6.42 Å². The Morgan fingerprint density at radius 1 is 1.09 bits per heavy atom. The number of benzene rings is 2. The molecule has 3 rings (SSSR count). The van der Waals surface area contributed by atoms with E-state index in [4.69, 9.17) is 10.00 Å². The summed E-state index contributed by atoms with van der Waals surface area (Å²) in [7, 11) is 0. The highest BCUT2D eigenvalue weighted by molar-refractivity contribution is 7.98. The zero-order valence-electron chi connectivity index (χ0n) is 17.7. The molecule has 2 aromatic carbocycles. The maximum atomic E-state index is 12.5. The Bertz CT molecular complexity index is 1190. The Balaban J connectivity index is 1.47. The minimum Gasteiger partial charge on any atom is -0.452 e. The van der Waals surface area contributed by atoms with Crippen LogP contribution in [0.2, 0.25) is 0 Å². The average Bonchev–Trinajstić information content (AvgIpc) is 3.24. The smallest absolute Gasteiger partial charge is 0.339 e. The van der Waals surface area contributed by atoms with Gasteiger partial charge in [-0.05, 0) is 36.8 Å². The van der Waals surface area contributed by atoms with Crippen molar-refractivity contribution in [1.82, 2.24) is 15.8 Å². The first kappa shape index (κ1) is 24.0. The summed E-state index contributed by atoms with van der Waals surface area (Å²) < 4.78 is 5.10. The van der Waals surface area contributed by atoms with Crippen molar-refractivity contribution in [2.75, 3.05) is 6.61 Å². The molecule has 0 aliphatic rings. The summed E-state index contributed by atoms with van der Waals surface area (Å²) in [6.07, 6.45) is 0.0441. The van der Waals surface area contributed by atoms with Crippen LogP contribution in [-0.2, 0) is 26.5 Å². The summed E-state index contributed by atoms with van der Waals surface area (Å²) in [5, 5.41) is 11.4. The summed E-state index contributed by atoms with van der Waals surface area (Å²) in [6.45, 7) is 1.29. The maximum Gasteiger partial charge on any atom is 0.339 e. The third-order valence-electron chi connectivity index (χ3n) is 4.24. The molecule has 2 N–H and O–H groups in total. The lowest BCUT2D eigenvalue weighted by Gasteiger charge is -2.10. The van der Waals surface area contributed by atoms with Crippen LogP contribution < -0.4 is 10.9 Å². The fourth-order valence-corrected chi connectivity index (χ4v) is 4.41. The zero-order chi connectivity index (χ0) is 23.6. The third-order valence-corrected chi connectivity index (χ3v) is 6.35. The second kappa shape index (κ2) is 11.8. The number of esters is 1. The van der Waals surface area contributed by atoms with E-state index in [1.165, 1.54) is 23.1 Å². The van der Waals surface area contributed by atoms with Crippen molar-refractivity contribution >= 4 is 40.9 Å². The molecular weight excluding hydrogens is 460 g/mol. The van der Waals surface area contributed by atoms with E-state index in [1.54, 1.807) is 30.3 Å². The molecule has 0 unspecified atom stereocenters. The lowest BCUT2D eigenvalue weighted by Crippen LogP contribution is -2.44. The molecule has 33 heavy (non-hydrogen) atoms. The lowest BCUT2D eigenvalue weighted by molar-refractivity contribution is -0.130. The number of nitrogens with one attached hydrogen (secondary N) is 2. The predicted molar refractivity (Wildman–Crippen MR) is 124 cm³/mol. The maximum absolute atomic E-state index is 12.5. The van der Waals surface area contributed by atoms with E-state index in [0.717, 1.165) is 11.3 Å². The fraction of sp³-hybridized carbons (Fsp3) is 0.174. The minimum atomic E-state index is -0.658. The second-order valence-electron chi connectivity index (χ2n) is 6.83. The summed E-state index contributed by atoms with van der Waals surface area (Å²) in [5.41, 5.74) is 7.25. The molecule has 8 nitrogen and oxygen atoms in total. The van der Waals surface area contributed by atoms with Crippen LogP contribution in [0, 0.1) is 18.3 Å². The van der Waals surface area contributed by atoms with Crippen molar-refractivity contribution in [2.24, 2.45) is 0 Å². The van der Waals surface area contributed by atoms with E-state index >= 15 is 0 Å². The topological polar surface area (TPSA) is 121 Å². The van der Waals surface area contributed by atoms with Crippen molar-refractivity contribution in [3.8, 4) is 6.07 Å². The molecule has 0 atom stereocenters. The molecule has 0 bridgehead atoms. The van der Waals surface area contributed by atoms with E-state index in [9.17, 15) is 14.4 Å². The normalized spacial score (nSPS) is 10.2. The first-order valence-corrected chi connectivity index (χ1v) is 11.7. The summed E-state index contributed by atoms with van der Waals surface area (Å²) in [4.78, 5) is 41.2. The van der Waals surface area contributed by atoms with E-state index in [2.05, 4.69) is 21.9 Å². The number of carbonyl (C=O) groups is 3. The summed E-state index contributed by atoms with van der Waals surface area (Å²) >= 11 is 2.81. The minimum absolute atomic E-state index is 0.0441. The van der Waals surface area contributed by atoms with Crippen LogP contribution in [0.3, 0.4) is 0 Å². The lowest BCUT2D eigenvalue weighted by atomic mass is 10.2. The second-order valence-corrected chi connectivity index (χ2v) is 8.79. The van der Waals surface area contributed by atoms with E-state index < -0.39 is 24.4 Å². The van der Waals surface area contributed by atoms with Crippen LogP contribution in [-0.4, -0.2) is 29.4 Å². The number of hydrogen-bond donors (Lipinski definition) is 2. The van der Waals surface area contributed by atoms with Crippen molar-refractivity contribution in [1.29, 1.82) is 5.26 Å². The van der Waals surface area contributed by atoms with Gasteiger partial charge < -0.3 is 4.74 Å². The highest BCUT2D eigenvalue weighted by Crippen LogP contribution is 2.27. The van der Waals surface area contributed by atoms with Crippen LogP contribution in [0.4, 0.5) is 0 Å². The molecule has 0 saturated heterocycles. The largest absolute Gasteiger partial charge is 0.452 e. The number of thiazole rings is 1. The van der Waals surface area contributed by atoms with Gasteiger partial charge in [0.1, 0.15) is 5.01 Å². The molecular formula is C23H20N4O4S2. The standard InChI is InChI=1S/C23H20N4O4S2/c1-15-13-33-22(25-15)10-20(28)26-27-21(29)12-31-23(30)18-4-2-3-5-19(18)32-14-17-8-6-16(11-24)7-9-17/h2-9,13H,10,12,14H2,1H3,(H,26,28)(H,27,29). The molecule has 0 aliphatic carbocycles.